The maximum absolute atomic E-state index is 12.7. The minimum absolute atomic E-state index is 0.0495. The van der Waals surface area contributed by atoms with Crippen LogP contribution in [0.4, 0.5) is 0 Å². The molecule has 6 rings (SSSR count). The van der Waals surface area contributed by atoms with Crippen molar-refractivity contribution in [1.82, 2.24) is 14.6 Å². The first-order chi connectivity index (χ1) is 11.8. The Morgan fingerprint density at radius 2 is 1.92 bits per heavy atom. The van der Waals surface area contributed by atoms with E-state index in [0.29, 0.717) is 12.0 Å². The van der Waals surface area contributed by atoms with E-state index in [1.807, 2.05) is 30.5 Å². The van der Waals surface area contributed by atoms with Crippen molar-refractivity contribution in [2.24, 2.45) is 5.92 Å². The van der Waals surface area contributed by atoms with E-state index in [1.165, 1.54) is 31.3 Å². The molecule has 4 nitrogen and oxygen atoms in total. The number of carbonyl (C=O) groups is 1. The van der Waals surface area contributed by atoms with Crippen molar-refractivity contribution in [2.45, 2.75) is 18.9 Å². The third kappa shape index (κ3) is 2.21. The molecule has 0 radical (unpaired) electrons. The van der Waals surface area contributed by atoms with Gasteiger partial charge in [-0.1, -0.05) is 18.2 Å². The Kier molecular flexibility index (Phi) is 3.13. The Morgan fingerprint density at radius 3 is 2.71 bits per heavy atom. The van der Waals surface area contributed by atoms with Crippen molar-refractivity contribution in [3.8, 4) is 0 Å². The fourth-order valence-electron chi connectivity index (χ4n) is 4.34. The van der Waals surface area contributed by atoms with Gasteiger partial charge in [0.1, 0.15) is 0 Å². The number of aromatic nitrogens is 1. The van der Waals surface area contributed by atoms with Gasteiger partial charge in [-0.2, -0.15) is 0 Å². The summed E-state index contributed by atoms with van der Waals surface area (Å²) in [6.07, 6.45) is 4.40. The number of piperidine rings is 3. The van der Waals surface area contributed by atoms with Crippen LogP contribution in [0.5, 0.6) is 0 Å². The van der Waals surface area contributed by atoms with Crippen molar-refractivity contribution in [2.75, 3.05) is 19.6 Å². The third-order valence-electron chi connectivity index (χ3n) is 5.71. The number of carbonyl (C=O) groups excluding carboxylic acids is 1. The van der Waals surface area contributed by atoms with E-state index in [4.69, 9.17) is 0 Å². The highest BCUT2D eigenvalue weighted by Gasteiger charge is 2.34. The third-order valence-corrected chi connectivity index (χ3v) is 5.71. The molecule has 4 heteroatoms. The highest BCUT2D eigenvalue weighted by Crippen LogP contribution is 2.28. The molecule has 0 aliphatic carbocycles. The number of fused-ring (bicyclic) bond motifs is 6. The van der Waals surface area contributed by atoms with Crippen molar-refractivity contribution in [1.29, 1.82) is 0 Å². The average Bonchev–Trinajstić information content (AvgIpc) is 3.00. The molecule has 1 aromatic carbocycles. The second-order valence-electron chi connectivity index (χ2n) is 7.13. The van der Waals surface area contributed by atoms with Gasteiger partial charge in [-0.25, -0.2) is 0 Å². The SMILES string of the molecule is O=C(N[C@H]1CN2CCC1CC2)c1ccc2cc3ccccc3n2c1. The summed E-state index contributed by atoms with van der Waals surface area (Å²) in [5.41, 5.74) is 3.00. The lowest BCUT2D eigenvalue weighted by atomic mass is 9.84. The van der Waals surface area contributed by atoms with Crippen LogP contribution in [0.1, 0.15) is 23.2 Å². The molecule has 24 heavy (non-hydrogen) atoms. The van der Waals surface area contributed by atoms with Crippen LogP contribution in [0.3, 0.4) is 0 Å². The van der Waals surface area contributed by atoms with E-state index in [2.05, 4.69) is 32.8 Å². The molecule has 122 valence electrons. The zero-order valence-electron chi connectivity index (χ0n) is 13.6. The highest BCUT2D eigenvalue weighted by atomic mass is 16.1. The van der Waals surface area contributed by atoms with Crippen LogP contribution in [0.2, 0.25) is 0 Å². The summed E-state index contributed by atoms with van der Waals surface area (Å²) in [6.45, 7) is 3.39. The lowest BCUT2D eigenvalue weighted by molar-refractivity contribution is 0.0620. The smallest absolute Gasteiger partial charge is 0.253 e. The number of para-hydroxylation sites is 1. The number of amides is 1. The Hall–Kier alpha value is -2.33. The molecular formula is C20H21N3O. The Bertz CT molecular complexity index is 921. The van der Waals surface area contributed by atoms with Gasteiger partial charge < -0.3 is 14.6 Å². The summed E-state index contributed by atoms with van der Waals surface area (Å²) in [5, 5.41) is 4.48. The van der Waals surface area contributed by atoms with Crippen LogP contribution in [-0.2, 0) is 0 Å². The molecule has 3 aliphatic rings. The summed E-state index contributed by atoms with van der Waals surface area (Å²) >= 11 is 0. The first kappa shape index (κ1) is 14.1. The number of nitrogens with one attached hydrogen (secondary N) is 1. The van der Waals surface area contributed by atoms with Gasteiger partial charge in [0, 0.05) is 29.7 Å². The van der Waals surface area contributed by atoms with Crippen LogP contribution in [0.15, 0.2) is 48.7 Å². The van der Waals surface area contributed by atoms with E-state index in [1.54, 1.807) is 0 Å². The van der Waals surface area contributed by atoms with Gasteiger partial charge in [-0.05, 0) is 56.1 Å². The zero-order valence-corrected chi connectivity index (χ0v) is 13.6. The molecule has 1 amide bonds. The molecule has 3 aliphatic heterocycles. The number of pyridine rings is 1. The molecule has 1 N–H and O–H groups in total. The number of hydrogen-bond donors (Lipinski definition) is 1. The lowest BCUT2D eigenvalue weighted by Gasteiger charge is -2.44. The minimum Gasteiger partial charge on any atom is -0.348 e. The van der Waals surface area contributed by atoms with Gasteiger partial charge in [-0.3, -0.25) is 4.79 Å². The summed E-state index contributed by atoms with van der Waals surface area (Å²) in [4.78, 5) is 15.2. The van der Waals surface area contributed by atoms with Gasteiger partial charge in [0.05, 0.1) is 11.1 Å². The molecule has 0 unspecified atom stereocenters. The minimum atomic E-state index is 0.0495. The number of nitrogens with zero attached hydrogens (tertiary/aromatic N) is 2. The van der Waals surface area contributed by atoms with Crippen molar-refractivity contribution < 1.29 is 4.79 Å². The molecular weight excluding hydrogens is 298 g/mol. The predicted molar refractivity (Wildman–Crippen MR) is 95.3 cm³/mol. The van der Waals surface area contributed by atoms with E-state index in [-0.39, 0.29) is 5.91 Å². The Morgan fingerprint density at radius 1 is 1.08 bits per heavy atom. The summed E-state index contributed by atoms with van der Waals surface area (Å²) in [6, 6.07) is 14.7. The van der Waals surface area contributed by atoms with E-state index in [0.717, 1.165) is 23.1 Å². The number of rotatable bonds is 2. The summed E-state index contributed by atoms with van der Waals surface area (Å²) in [7, 11) is 0. The van der Waals surface area contributed by atoms with Crippen LogP contribution in [0.25, 0.3) is 16.4 Å². The van der Waals surface area contributed by atoms with Gasteiger partial charge in [0.25, 0.3) is 5.91 Å². The molecule has 0 saturated carbocycles. The zero-order chi connectivity index (χ0) is 16.1. The first-order valence-electron chi connectivity index (χ1n) is 8.81. The number of hydrogen-bond acceptors (Lipinski definition) is 2. The molecule has 3 saturated heterocycles. The Labute approximate surface area is 141 Å². The normalized spacial score (nSPS) is 26.1. The van der Waals surface area contributed by atoms with Gasteiger partial charge in [-0.15, -0.1) is 0 Å². The molecule has 1 atom stereocenters. The van der Waals surface area contributed by atoms with Crippen molar-refractivity contribution >= 4 is 22.3 Å². The summed E-state index contributed by atoms with van der Waals surface area (Å²) < 4.78 is 2.11. The van der Waals surface area contributed by atoms with Crippen molar-refractivity contribution in [3.63, 3.8) is 0 Å². The average molecular weight is 319 g/mol. The largest absolute Gasteiger partial charge is 0.348 e. The standard InChI is InChI=1S/C20H21N3O/c24-20(21-18-13-22-9-7-14(18)8-10-22)16-5-6-17-11-15-3-1-2-4-19(15)23(17)12-16/h1-6,11-12,14,18H,7-10,13H2,(H,21,24)/t18-/m0/s1. The van der Waals surface area contributed by atoms with Crippen LogP contribution in [0, 0.1) is 5.92 Å². The van der Waals surface area contributed by atoms with E-state index in [9.17, 15) is 4.79 Å². The maximum Gasteiger partial charge on any atom is 0.253 e. The Balaban J connectivity index is 1.45. The van der Waals surface area contributed by atoms with E-state index < -0.39 is 0 Å². The number of benzene rings is 1. The lowest BCUT2D eigenvalue weighted by Crippen LogP contribution is -2.57. The predicted octanol–water partition coefficient (Wildman–Crippen LogP) is 2.92. The van der Waals surface area contributed by atoms with Gasteiger partial charge >= 0.3 is 0 Å². The van der Waals surface area contributed by atoms with Gasteiger partial charge in [0.15, 0.2) is 0 Å². The fraction of sp³-hybridized carbons (Fsp3) is 0.350. The van der Waals surface area contributed by atoms with E-state index >= 15 is 0 Å². The quantitative estimate of drug-likeness (QED) is 0.788. The van der Waals surface area contributed by atoms with Gasteiger partial charge in [0.2, 0.25) is 0 Å². The van der Waals surface area contributed by atoms with Crippen molar-refractivity contribution in [3.05, 3.63) is 54.2 Å². The molecule has 0 spiro atoms. The first-order valence-corrected chi connectivity index (χ1v) is 8.81. The topological polar surface area (TPSA) is 36.8 Å². The molecule has 3 fully saturated rings. The van der Waals surface area contributed by atoms with Crippen LogP contribution >= 0.6 is 0 Å². The fourth-order valence-corrected chi connectivity index (χ4v) is 4.34. The monoisotopic (exact) mass is 319 g/mol. The summed E-state index contributed by atoms with van der Waals surface area (Å²) in [5.74, 6) is 0.698. The molecule has 2 bridgehead atoms. The second-order valence-corrected chi connectivity index (χ2v) is 7.13. The second kappa shape index (κ2) is 5.35. The molecule has 3 aromatic rings. The van der Waals surface area contributed by atoms with Crippen LogP contribution < -0.4 is 5.32 Å². The highest BCUT2D eigenvalue weighted by molar-refractivity contribution is 5.96. The molecule has 5 heterocycles. The maximum atomic E-state index is 12.7. The molecule has 2 aromatic heterocycles. The van der Waals surface area contributed by atoms with Crippen LogP contribution in [-0.4, -0.2) is 40.9 Å².